The van der Waals surface area contributed by atoms with Gasteiger partial charge in [-0.3, -0.25) is 14.9 Å². The van der Waals surface area contributed by atoms with Crippen LogP contribution in [0.5, 0.6) is 0 Å². The molecule has 0 spiro atoms. The van der Waals surface area contributed by atoms with Gasteiger partial charge >= 0.3 is 0 Å². The molecule has 0 saturated heterocycles. The molecule has 2 N–H and O–H groups in total. The van der Waals surface area contributed by atoms with E-state index in [2.05, 4.69) is 17.6 Å². The third-order valence-electron chi connectivity index (χ3n) is 4.50. The normalized spacial score (nSPS) is 15.9. The largest absolute Gasteiger partial charge is 0.379 e. The predicted molar refractivity (Wildman–Crippen MR) is 81.6 cm³/mol. The maximum Gasteiger partial charge on any atom is 0.293 e. The SMILES string of the molecule is CCC1(CNc2ccc(C(=O)NC)cc2[N+](=O)[O-])CCC1. The lowest BCUT2D eigenvalue weighted by Crippen LogP contribution is -2.36. The number of nitrogens with one attached hydrogen (secondary N) is 2. The number of nitrogens with zero attached hydrogens (tertiary/aromatic N) is 1. The van der Waals surface area contributed by atoms with Gasteiger partial charge in [0.1, 0.15) is 5.69 Å². The second-order valence-corrected chi connectivity index (χ2v) is 5.63. The van der Waals surface area contributed by atoms with Gasteiger partial charge in [0.15, 0.2) is 0 Å². The van der Waals surface area contributed by atoms with Crippen molar-refractivity contribution in [2.75, 3.05) is 18.9 Å². The molecule has 1 aromatic carbocycles. The van der Waals surface area contributed by atoms with E-state index < -0.39 is 4.92 Å². The van der Waals surface area contributed by atoms with Gasteiger partial charge in [-0.25, -0.2) is 0 Å². The van der Waals surface area contributed by atoms with Gasteiger partial charge in [-0.05, 0) is 36.8 Å². The highest BCUT2D eigenvalue weighted by Crippen LogP contribution is 2.44. The van der Waals surface area contributed by atoms with Crippen LogP contribution in [0.15, 0.2) is 18.2 Å². The summed E-state index contributed by atoms with van der Waals surface area (Å²) >= 11 is 0. The maximum absolute atomic E-state index is 11.6. The van der Waals surface area contributed by atoms with Crippen LogP contribution in [-0.4, -0.2) is 24.4 Å². The molecule has 21 heavy (non-hydrogen) atoms. The second kappa shape index (κ2) is 6.11. The van der Waals surface area contributed by atoms with Crippen molar-refractivity contribution in [2.24, 2.45) is 5.41 Å². The number of anilines is 1. The summed E-state index contributed by atoms with van der Waals surface area (Å²) in [4.78, 5) is 22.3. The van der Waals surface area contributed by atoms with Gasteiger partial charge in [0.05, 0.1) is 4.92 Å². The summed E-state index contributed by atoms with van der Waals surface area (Å²) in [5.74, 6) is -0.325. The molecule has 6 nitrogen and oxygen atoms in total. The lowest BCUT2D eigenvalue weighted by atomic mass is 9.67. The zero-order valence-electron chi connectivity index (χ0n) is 12.4. The van der Waals surface area contributed by atoms with Crippen molar-refractivity contribution >= 4 is 17.3 Å². The zero-order valence-corrected chi connectivity index (χ0v) is 12.4. The van der Waals surface area contributed by atoms with Crippen LogP contribution >= 0.6 is 0 Å². The number of nitro benzene ring substituents is 1. The van der Waals surface area contributed by atoms with Gasteiger partial charge < -0.3 is 10.6 Å². The van der Waals surface area contributed by atoms with Crippen molar-refractivity contribution in [1.29, 1.82) is 0 Å². The highest BCUT2D eigenvalue weighted by molar-refractivity contribution is 5.95. The standard InChI is InChI=1S/C15H21N3O3/c1-3-15(7-4-8-15)10-17-12-6-5-11(14(19)16-2)9-13(12)18(20)21/h5-6,9,17H,3-4,7-8,10H2,1-2H3,(H,16,19). The van der Waals surface area contributed by atoms with Crippen molar-refractivity contribution in [2.45, 2.75) is 32.6 Å². The molecule has 114 valence electrons. The molecule has 0 atom stereocenters. The van der Waals surface area contributed by atoms with E-state index >= 15 is 0 Å². The minimum Gasteiger partial charge on any atom is -0.379 e. The average Bonchev–Trinajstić information content (AvgIpc) is 2.45. The van der Waals surface area contributed by atoms with Crippen LogP contribution in [0, 0.1) is 15.5 Å². The van der Waals surface area contributed by atoms with Gasteiger partial charge in [0.2, 0.25) is 0 Å². The molecule has 2 rings (SSSR count). The minimum atomic E-state index is -0.450. The monoisotopic (exact) mass is 291 g/mol. The third-order valence-corrected chi connectivity index (χ3v) is 4.50. The van der Waals surface area contributed by atoms with E-state index in [1.807, 2.05) is 0 Å². The average molecular weight is 291 g/mol. The first-order chi connectivity index (χ1) is 10.0. The molecule has 1 fully saturated rings. The van der Waals surface area contributed by atoms with Crippen LogP contribution in [0.4, 0.5) is 11.4 Å². The number of hydrogen-bond donors (Lipinski definition) is 2. The quantitative estimate of drug-likeness (QED) is 0.623. The van der Waals surface area contributed by atoms with Gasteiger partial charge in [-0.15, -0.1) is 0 Å². The highest BCUT2D eigenvalue weighted by atomic mass is 16.6. The molecular formula is C15H21N3O3. The fraction of sp³-hybridized carbons (Fsp3) is 0.533. The number of rotatable bonds is 6. The topological polar surface area (TPSA) is 84.3 Å². The molecule has 0 heterocycles. The first kappa shape index (κ1) is 15.3. The van der Waals surface area contributed by atoms with Crippen LogP contribution in [0.1, 0.15) is 43.0 Å². The maximum atomic E-state index is 11.6. The molecule has 6 heteroatoms. The third kappa shape index (κ3) is 3.15. The molecule has 0 bridgehead atoms. The summed E-state index contributed by atoms with van der Waals surface area (Å²) in [5.41, 5.74) is 0.991. The molecule has 0 unspecified atom stereocenters. The number of hydrogen-bond acceptors (Lipinski definition) is 4. The molecule has 0 radical (unpaired) electrons. The van der Waals surface area contributed by atoms with Crippen molar-refractivity contribution in [1.82, 2.24) is 5.32 Å². The summed E-state index contributed by atoms with van der Waals surface area (Å²) in [5, 5.41) is 16.9. The molecule has 1 aliphatic carbocycles. The molecule has 0 aromatic heterocycles. The summed E-state index contributed by atoms with van der Waals surface area (Å²) in [6.45, 7) is 2.90. The minimum absolute atomic E-state index is 0.0540. The summed E-state index contributed by atoms with van der Waals surface area (Å²) in [7, 11) is 1.50. The first-order valence-electron chi connectivity index (χ1n) is 7.26. The fourth-order valence-corrected chi connectivity index (χ4v) is 2.73. The lowest BCUT2D eigenvalue weighted by molar-refractivity contribution is -0.384. The summed E-state index contributed by atoms with van der Waals surface area (Å²) < 4.78 is 0. The molecule has 0 aliphatic heterocycles. The van der Waals surface area contributed by atoms with Gasteiger partial charge in [-0.1, -0.05) is 13.3 Å². The van der Waals surface area contributed by atoms with E-state index in [1.165, 1.54) is 32.4 Å². The van der Waals surface area contributed by atoms with E-state index in [0.29, 0.717) is 11.3 Å². The van der Waals surface area contributed by atoms with Crippen LogP contribution in [-0.2, 0) is 0 Å². The Morgan fingerprint density at radius 2 is 2.14 bits per heavy atom. The van der Waals surface area contributed by atoms with Crippen molar-refractivity contribution < 1.29 is 9.72 Å². The van der Waals surface area contributed by atoms with Crippen molar-refractivity contribution in [3.8, 4) is 0 Å². The van der Waals surface area contributed by atoms with Crippen molar-refractivity contribution in [3.05, 3.63) is 33.9 Å². The lowest BCUT2D eigenvalue weighted by Gasteiger charge is -2.41. The zero-order chi connectivity index (χ0) is 15.5. The van der Waals surface area contributed by atoms with Crippen LogP contribution in [0.25, 0.3) is 0 Å². The van der Waals surface area contributed by atoms with Gasteiger partial charge in [0, 0.05) is 25.2 Å². The summed E-state index contributed by atoms with van der Waals surface area (Å²) in [6.07, 6.45) is 4.64. The molecular weight excluding hydrogens is 270 g/mol. The van der Waals surface area contributed by atoms with Crippen LogP contribution in [0.3, 0.4) is 0 Å². The van der Waals surface area contributed by atoms with Crippen LogP contribution in [0.2, 0.25) is 0 Å². The number of amides is 1. The molecule has 1 saturated carbocycles. The molecule has 1 amide bonds. The second-order valence-electron chi connectivity index (χ2n) is 5.63. The number of nitro groups is 1. The van der Waals surface area contributed by atoms with Crippen LogP contribution < -0.4 is 10.6 Å². The number of carbonyl (C=O) groups excluding carboxylic acids is 1. The Bertz CT molecular complexity index is 548. The first-order valence-corrected chi connectivity index (χ1v) is 7.26. The van der Waals surface area contributed by atoms with Gasteiger partial charge in [-0.2, -0.15) is 0 Å². The van der Waals surface area contributed by atoms with E-state index in [-0.39, 0.29) is 17.0 Å². The summed E-state index contributed by atoms with van der Waals surface area (Å²) in [6, 6.07) is 4.54. The Hall–Kier alpha value is -2.11. The van der Waals surface area contributed by atoms with E-state index in [0.717, 1.165) is 13.0 Å². The fourth-order valence-electron chi connectivity index (χ4n) is 2.73. The van der Waals surface area contributed by atoms with Gasteiger partial charge in [0.25, 0.3) is 11.6 Å². The molecule has 1 aliphatic rings. The van der Waals surface area contributed by atoms with E-state index in [4.69, 9.17) is 0 Å². The van der Waals surface area contributed by atoms with E-state index in [9.17, 15) is 14.9 Å². The Balaban J connectivity index is 2.18. The highest BCUT2D eigenvalue weighted by Gasteiger charge is 2.35. The Morgan fingerprint density at radius 1 is 1.43 bits per heavy atom. The Labute approximate surface area is 124 Å². The Kier molecular flexibility index (Phi) is 4.45. The predicted octanol–water partition coefficient (Wildman–Crippen LogP) is 2.95. The number of carbonyl (C=O) groups is 1. The number of benzene rings is 1. The van der Waals surface area contributed by atoms with E-state index in [1.54, 1.807) is 12.1 Å². The van der Waals surface area contributed by atoms with Crippen molar-refractivity contribution in [3.63, 3.8) is 0 Å². The molecule has 1 aromatic rings. The smallest absolute Gasteiger partial charge is 0.293 e. The Morgan fingerprint density at radius 3 is 2.62 bits per heavy atom.